The molecule has 1 aliphatic rings. The highest BCUT2D eigenvalue weighted by Gasteiger charge is 2.34. The van der Waals surface area contributed by atoms with Crippen LogP contribution < -0.4 is 5.32 Å². The van der Waals surface area contributed by atoms with Crippen LogP contribution >= 0.6 is 23.4 Å². The quantitative estimate of drug-likeness (QED) is 0.750. The summed E-state index contributed by atoms with van der Waals surface area (Å²) in [5.41, 5.74) is 1.70. The summed E-state index contributed by atoms with van der Waals surface area (Å²) in [6, 6.07) is 16.4. The van der Waals surface area contributed by atoms with Gasteiger partial charge in [0.05, 0.1) is 11.3 Å². The summed E-state index contributed by atoms with van der Waals surface area (Å²) in [7, 11) is 0. The molecule has 0 bridgehead atoms. The number of imide groups is 1. The zero-order valence-corrected chi connectivity index (χ0v) is 15.9. The van der Waals surface area contributed by atoms with Gasteiger partial charge in [-0.2, -0.15) is 0 Å². The van der Waals surface area contributed by atoms with E-state index in [9.17, 15) is 14.4 Å². The summed E-state index contributed by atoms with van der Waals surface area (Å²) in [6.45, 7) is 0.353. The molecular formula is C20H17ClN2O3S. The Hall–Kier alpha value is -2.57. The van der Waals surface area contributed by atoms with Crippen LogP contribution in [0.2, 0.25) is 5.02 Å². The minimum atomic E-state index is -0.333. The van der Waals surface area contributed by atoms with Gasteiger partial charge in [-0.1, -0.05) is 54.1 Å². The smallest absolute Gasteiger partial charge is 0.293 e. The Morgan fingerprint density at radius 3 is 2.48 bits per heavy atom. The highest BCUT2D eigenvalue weighted by molar-refractivity contribution is 8.18. The largest absolute Gasteiger partial charge is 0.354 e. The molecule has 1 aliphatic heterocycles. The normalized spacial score (nSPS) is 15.4. The van der Waals surface area contributed by atoms with E-state index in [1.165, 1.54) is 0 Å². The van der Waals surface area contributed by atoms with E-state index in [-0.39, 0.29) is 36.6 Å². The Labute approximate surface area is 166 Å². The third kappa shape index (κ3) is 5.21. The Morgan fingerprint density at radius 1 is 1.07 bits per heavy atom. The summed E-state index contributed by atoms with van der Waals surface area (Å²) in [4.78, 5) is 38.0. The molecule has 0 unspecified atom stereocenters. The van der Waals surface area contributed by atoms with E-state index in [0.717, 1.165) is 27.8 Å². The molecule has 138 valence electrons. The first-order valence-corrected chi connectivity index (χ1v) is 9.54. The Morgan fingerprint density at radius 2 is 1.78 bits per heavy atom. The van der Waals surface area contributed by atoms with Crippen LogP contribution in [0, 0.1) is 0 Å². The predicted molar refractivity (Wildman–Crippen MR) is 107 cm³/mol. The number of carbonyl (C=O) groups is 3. The molecule has 1 N–H and O–H groups in total. The van der Waals surface area contributed by atoms with Gasteiger partial charge >= 0.3 is 0 Å². The SMILES string of the molecule is O=C(Cc1ccc(Cl)cc1)NCCN1C(=O)S/C(=C/c2ccccc2)C1=O. The molecule has 2 aromatic rings. The van der Waals surface area contributed by atoms with Crippen LogP contribution in [0.25, 0.3) is 6.08 Å². The molecule has 0 aromatic heterocycles. The number of nitrogens with zero attached hydrogens (tertiary/aromatic N) is 1. The van der Waals surface area contributed by atoms with Crippen LogP contribution in [0.15, 0.2) is 59.5 Å². The zero-order valence-electron chi connectivity index (χ0n) is 14.4. The van der Waals surface area contributed by atoms with E-state index in [1.807, 2.05) is 30.3 Å². The van der Waals surface area contributed by atoms with Crippen LogP contribution in [-0.4, -0.2) is 35.0 Å². The van der Waals surface area contributed by atoms with Crippen molar-refractivity contribution in [2.45, 2.75) is 6.42 Å². The lowest BCUT2D eigenvalue weighted by Crippen LogP contribution is -2.37. The third-order valence-corrected chi connectivity index (χ3v) is 5.07. The van der Waals surface area contributed by atoms with Crippen molar-refractivity contribution in [2.24, 2.45) is 0 Å². The summed E-state index contributed by atoms with van der Waals surface area (Å²) < 4.78 is 0. The second-order valence-electron chi connectivity index (χ2n) is 5.90. The van der Waals surface area contributed by atoms with E-state index in [1.54, 1.807) is 30.3 Å². The van der Waals surface area contributed by atoms with Crippen LogP contribution in [-0.2, 0) is 16.0 Å². The first-order valence-electron chi connectivity index (χ1n) is 8.34. The molecule has 1 saturated heterocycles. The maximum Gasteiger partial charge on any atom is 0.293 e. The Bertz CT molecular complexity index is 882. The molecule has 7 heteroatoms. The monoisotopic (exact) mass is 400 g/mol. The number of hydrogen-bond donors (Lipinski definition) is 1. The Balaban J connectivity index is 1.51. The lowest BCUT2D eigenvalue weighted by atomic mass is 10.1. The van der Waals surface area contributed by atoms with Gasteiger partial charge in [0.15, 0.2) is 0 Å². The highest BCUT2D eigenvalue weighted by Crippen LogP contribution is 2.31. The van der Waals surface area contributed by atoms with Crippen molar-refractivity contribution in [1.29, 1.82) is 0 Å². The second kappa shape index (κ2) is 8.88. The van der Waals surface area contributed by atoms with Crippen molar-refractivity contribution in [3.8, 4) is 0 Å². The summed E-state index contributed by atoms with van der Waals surface area (Å²) in [5, 5.41) is 3.02. The van der Waals surface area contributed by atoms with Gasteiger partial charge < -0.3 is 5.32 Å². The van der Waals surface area contributed by atoms with Gasteiger partial charge in [-0.25, -0.2) is 0 Å². The number of rotatable bonds is 6. The molecule has 3 amide bonds. The number of hydrogen-bond acceptors (Lipinski definition) is 4. The Kier molecular flexibility index (Phi) is 6.32. The average Bonchev–Trinajstić information content (AvgIpc) is 2.92. The minimum Gasteiger partial charge on any atom is -0.354 e. The van der Waals surface area contributed by atoms with Gasteiger partial charge in [0.1, 0.15) is 0 Å². The summed E-state index contributed by atoms with van der Waals surface area (Å²) in [5.74, 6) is -0.509. The van der Waals surface area contributed by atoms with Crippen LogP contribution in [0.1, 0.15) is 11.1 Å². The molecule has 1 fully saturated rings. The van der Waals surface area contributed by atoms with Gasteiger partial charge in [-0.15, -0.1) is 0 Å². The maximum absolute atomic E-state index is 12.4. The second-order valence-corrected chi connectivity index (χ2v) is 7.33. The van der Waals surface area contributed by atoms with Gasteiger partial charge in [-0.3, -0.25) is 19.3 Å². The lowest BCUT2D eigenvalue weighted by Gasteiger charge is -2.13. The van der Waals surface area contributed by atoms with Gasteiger partial charge in [-0.05, 0) is 41.1 Å². The number of thioether (sulfide) groups is 1. The standard InChI is InChI=1S/C20H17ClN2O3S/c21-16-8-6-15(7-9-16)13-18(24)22-10-11-23-19(25)17(27-20(23)26)12-14-4-2-1-3-5-14/h1-9,12H,10-11,13H2,(H,22,24)/b17-12+. The van der Waals surface area contributed by atoms with Crippen molar-refractivity contribution < 1.29 is 14.4 Å². The molecule has 0 saturated carbocycles. The molecule has 27 heavy (non-hydrogen) atoms. The van der Waals surface area contributed by atoms with E-state index in [4.69, 9.17) is 11.6 Å². The molecule has 2 aromatic carbocycles. The highest BCUT2D eigenvalue weighted by atomic mass is 35.5. The van der Waals surface area contributed by atoms with Crippen molar-refractivity contribution >= 4 is 46.5 Å². The molecule has 0 atom stereocenters. The molecule has 0 spiro atoms. The fraction of sp³-hybridized carbons (Fsp3) is 0.150. The predicted octanol–water partition coefficient (Wildman–Crippen LogP) is 3.74. The summed E-state index contributed by atoms with van der Waals surface area (Å²) >= 11 is 6.73. The van der Waals surface area contributed by atoms with Crippen molar-refractivity contribution in [1.82, 2.24) is 10.2 Å². The van der Waals surface area contributed by atoms with Crippen molar-refractivity contribution in [3.63, 3.8) is 0 Å². The van der Waals surface area contributed by atoms with Crippen molar-refractivity contribution in [2.75, 3.05) is 13.1 Å². The minimum absolute atomic E-state index is 0.142. The average molecular weight is 401 g/mol. The number of amides is 3. The number of benzene rings is 2. The molecule has 0 radical (unpaired) electrons. The number of nitrogens with one attached hydrogen (secondary N) is 1. The lowest BCUT2D eigenvalue weighted by molar-refractivity contribution is -0.124. The molecule has 3 rings (SSSR count). The number of carbonyl (C=O) groups excluding carboxylic acids is 3. The van der Waals surface area contributed by atoms with Crippen molar-refractivity contribution in [3.05, 3.63) is 75.7 Å². The van der Waals surface area contributed by atoms with Gasteiger partial charge in [0.2, 0.25) is 5.91 Å². The van der Waals surface area contributed by atoms with Crippen LogP contribution in [0.5, 0.6) is 0 Å². The van der Waals surface area contributed by atoms with E-state index in [0.29, 0.717) is 9.93 Å². The molecule has 0 aliphatic carbocycles. The molecule has 5 nitrogen and oxygen atoms in total. The van der Waals surface area contributed by atoms with E-state index < -0.39 is 0 Å². The fourth-order valence-electron chi connectivity index (χ4n) is 2.55. The molecule has 1 heterocycles. The first kappa shape index (κ1) is 19.2. The number of halogens is 1. The topological polar surface area (TPSA) is 66.5 Å². The summed E-state index contributed by atoms with van der Waals surface area (Å²) in [6.07, 6.45) is 1.91. The third-order valence-electron chi connectivity index (χ3n) is 3.91. The first-order chi connectivity index (χ1) is 13.0. The fourth-order valence-corrected chi connectivity index (χ4v) is 3.54. The zero-order chi connectivity index (χ0) is 19.2. The van der Waals surface area contributed by atoms with Crippen LogP contribution in [0.3, 0.4) is 0 Å². The van der Waals surface area contributed by atoms with E-state index in [2.05, 4.69) is 5.32 Å². The van der Waals surface area contributed by atoms with E-state index >= 15 is 0 Å². The van der Waals surface area contributed by atoms with Crippen LogP contribution in [0.4, 0.5) is 4.79 Å². The maximum atomic E-state index is 12.4. The van der Waals surface area contributed by atoms with Gasteiger partial charge in [0.25, 0.3) is 11.1 Å². The van der Waals surface area contributed by atoms with Gasteiger partial charge in [0, 0.05) is 18.1 Å². The molecular weight excluding hydrogens is 384 g/mol.